The predicted octanol–water partition coefficient (Wildman–Crippen LogP) is 3.16. The van der Waals surface area contributed by atoms with Gasteiger partial charge in [0.05, 0.1) is 12.5 Å². The summed E-state index contributed by atoms with van der Waals surface area (Å²) in [5, 5.41) is 3.49. The second-order valence-electron chi connectivity index (χ2n) is 6.09. The topological polar surface area (TPSA) is 49.4 Å². The van der Waals surface area contributed by atoms with Crippen LogP contribution in [0.2, 0.25) is 5.02 Å². The van der Waals surface area contributed by atoms with E-state index >= 15 is 0 Å². The van der Waals surface area contributed by atoms with Gasteiger partial charge in [0, 0.05) is 25.0 Å². The summed E-state index contributed by atoms with van der Waals surface area (Å²) in [6, 6.07) is 7.17. The lowest BCUT2D eigenvalue weighted by molar-refractivity contribution is -0.132. The fourth-order valence-corrected chi connectivity index (χ4v) is 2.76. The molecule has 1 saturated carbocycles. The molecule has 22 heavy (non-hydrogen) atoms. The van der Waals surface area contributed by atoms with Crippen molar-refractivity contribution in [1.82, 2.24) is 10.2 Å². The number of nitrogens with zero attached hydrogens (tertiary/aromatic N) is 1. The van der Waals surface area contributed by atoms with E-state index in [0.29, 0.717) is 10.9 Å². The van der Waals surface area contributed by atoms with Crippen molar-refractivity contribution in [2.24, 2.45) is 5.92 Å². The molecule has 1 N–H and O–H groups in total. The predicted molar refractivity (Wildman–Crippen MR) is 87.6 cm³/mol. The Morgan fingerprint density at radius 3 is 2.41 bits per heavy atom. The van der Waals surface area contributed by atoms with Crippen molar-refractivity contribution >= 4 is 23.4 Å². The standard InChI is InChI=1S/C17H23ClN2O2/c1-11(13-4-5-13)20(3)17(22)10-16(19-12(2)21)14-6-8-15(18)9-7-14/h6-9,11,13,16H,4-5,10H2,1-3H3,(H,19,21). The molecule has 0 aromatic heterocycles. The van der Waals surface area contributed by atoms with E-state index in [4.69, 9.17) is 11.6 Å². The number of benzene rings is 1. The van der Waals surface area contributed by atoms with Gasteiger partial charge in [0.15, 0.2) is 0 Å². The van der Waals surface area contributed by atoms with Gasteiger partial charge in [0.1, 0.15) is 0 Å². The van der Waals surface area contributed by atoms with Crippen molar-refractivity contribution in [3.63, 3.8) is 0 Å². The Morgan fingerprint density at radius 2 is 1.91 bits per heavy atom. The maximum absolute atomic E-state index is 12.5. The Balaban J connectivity index is 2.06. The van der Waals surface area contributed by atoms with E-state index < -0.39 is 0 Å². The first-order valence-electron chi connectivity index (χ1n) is 7.66. The highest BCUT2D eigenvalue weighted by molar-refractivity contribution is 6.30. The molecule has 4 nitrogen and oxygen atoms in total. The Labute approximate surface area is 136 Å². The molecule has 0 heterocycles. The van der Waals surface area contributed by atoms with Crippen LogP contribution in [0.5, 0.6) is 0 Å². The molecule has 2 unspecified atom stereocenters. The van der Waals surface area contributed by atoms with Crippen molar-refractivity contribution in [2.75, 3.05) is 7.05 Å². The molecule has 0 spiro atoms. The van der Waals surface area contributed by atoms with Crippen molar-refractivity contribution in [3.05, 3.63) is 34.9 Å². The normalized spacial score (nSPS) is 16.7. The Kier molecular flexibility index (Phi) is 5.46. The van der Waals surface area contributed by atoms with Crippen molar-refractivity contribution in [1.29, 1.82) is 0 Å². The van der Waals surface area contributed by atoms with Gasteiger partial charge in [0.2, 0.25) is 11.8 Å². The molecule has 0 saturated heterocycles. The van der Waals surface area contributed by atoms with Crippen LogP contribution >= 0.6 is 11.6 Å². The highest BCUT2D eigenvalue weighted by atomic mass is 35.5. The van der Waals surface area contributed by atoms with Crippen LogP contribution in [-0.2, 0) is 9.59 Å². The molecule has 2 amide bonds. The highest BCUT2D eigenvalue weighted by Gasteiger charge is 2.33. The van der Waals surface area contributed by atoms with Gasteiger partial charge in [-0.25, -0.2) is 0 Å². The smallest absolute Gasteiger partial charge is 0.224 e. The van der Waals surface area contributed by atoms with Crippen LogP contribution in [0.3, 0.4) is 0 Å². The lowest BCUT2D eigenvalue weighted by Gasteiger charge is -2.27. The van der Waals surface area contributed by atoms with E-state index in [9.17, 15) is 9.59 Å². The number of carbonyl (C=O) groups is 2. The molecule has 1 aliphatic carbocycles. The van der Waals surface area contributed by atoms with Crippen LogP contribution in [-0.4, -0.2) is 29.8 Å². The maximum Gasteiger partial charge on any atom is 0.224 e. The zero-order valence-corrected chi connectivity index (χ0v) is 14.1. The van der Waals surface area contributed by atoms with Crippen LogP contribution in [0.1, 0.15) is 44.7 Å². The van der Waals surface area contributed by atoms with E-state index in [-0.39, 0.29) is 30.3 Å². The zero-order valence-electron chi connectivity index (χ0n) is 13.3. The van der Waals surface area contributed by atoms with Crippen LogP contribution < -0.4 is 5.32 Å². The summed E-state index contributed by atoms with van der Waals surface area (Å²) in [4.78, 5) is 25.7. The SMILES string of the molecule is CC(=O)NC(CC(=O)N(C)C(C)C1CC1)c1ccc(Cl)cc1. The van der Waals surface area contributed by atoms with E-state index in [2.05, 4.69) is 12.2 Å². The van der Waals surface area contributed by atoms with Gasteiger partial charge in [-0.15, -0.1) is 0 Å². The van der Waals surface area contributed by atoms with E-state index in [1.54, 1.807) is 12.1 Å². The van der Waals surface area contributed by atoms with E-state index in [0.717, 1.165) is 5.56 Å². The number of rotatable bonds is 6. The van der Waals surface area contributed by atoms with Crippen LogP contribution in [0.4, 0.5) is 0 Å². The summed E-state index contributed by atoms with van der Waals surface area (Å²) in [6.07, 6.45) is 2.66. The summed E-state index contributed by atoms with van der Waals surface area (Å²) in [7, 11) is 1.85. The lowest BCUT2D eigenvalue weighted by atomic mass is 10.0. The Hall–Kier alpha value is -1.55. The third kappa shape index (κ3) is 4.47. The van der Waals surface area contributed by atoms with Crippen molar-refractivity contribution in [2.45, 2.75) is 45.2 Å². The maximum atomic E-state index is 12.5. The summed E-state index contributed by atoms with van der Waals surface area (Å²) < 4.78 is 0. The molecule has 0 bridgehead atoms. The highest BCUT2D eigenvalue weighted by Crippen LogP contribution is 2.35. The third-order valence-corrected chi connectivity index (χ3v) is 4.59. The van der Waals surface area contributed by atoms with Crippen molar-refractivity contribution in [3.8, 4) is 0 Å². The van der Waals surface area contributed by atoms with Gasteiger partial charge in [-0.05, 0) is 43.4 Å². The summed E-state index contributed by atoms with van der Waals surface area (Å²) in [5.41, 5.74) is 0.889. The number of hydrogen-bond acceptors (Lipinski definition) is 2. The van der Waals surface area contributed by atoms with E-state index in [1.807, 2.05) is 24.1 Å². The van der Waals surface area contributed by atoms with Gasteiger partial charge in [-0.3, -0.25) is 9.59 Å². The number of amides is 2. The minimum Gasteiger partial charge on any atom is -0.349 e. The minimum absolute atomic E-state index is 0.0492. The number of halogens is 1. The van der Waals surface area contributed by atoms with E-state index in [1.165, 1.54) is 19.8 Å². The van der Waals surface area contributed by atoms with Crippen LogP contribution in [0.15, 0.2) is 24.3 Å². The fraction of sp³-hybridized carbons (Fsp3) is 0.529. The molecule has 1 aromatic rings. The molecule has 5 heteroatoms. The molecule has 1 fully saturated rings. The molecular weight excluding hydrogens is 300 g/mol. The number of carbonyl (C=O) groups excluding carboxylic acids is 2. The zero-order chi connectivity index (χ0) is 16.3. The van der Waals surface area contributed by atoms with Crippen molar-refractivity contribution < 1.29 is 9.59 Å². The largest absolute Gasteiger partial charge is 0.349 e. The monoisotopic (exact) mass is 322 g/mol. The van der Waals surface area contributed by atoms with Gasteiger partial charge < -0.3 is 10.2 Å². The average molecular weight is 323 g/mol. The summed E-state index contributed by atoms with van der Waals surface area (Å²) in [6.45, 7) is 3.55. The Morgan fingerprint density at radius 1 is 1.32 bits per heavy atom. The molecule has 0 radical (unpaired) electrons. The van der Waals surface area contributed by atoms with Crippen LogP contribution in [0, 0.1) is 5.92 Å². The summed E-state index contributed by atoms with van der Waals surface area (Å²) >= 11 is 5.90. The van der Waals surface area contributed by atoms with Gasteiger partial charge in [0.25, 0.3) is 0 Å². The summed E-state index contributed by atoms with van der Waals surface area (Å²) in [5.74, 6) is 0.530. The molecule has 120 valence electrons. The minimum atomic E-state index is -0.323. The second-order valence-corrected chi connectivity index (χ2v) is 6.53. The third-order valence-electron chi connectivity index (χ3n) is 4.34. The first kappa shape index (κ1) is 16.8. The van der Waals surface area contributed by atoms with Crippen LogP contribution in [0.25, 0.3) is 0 Å². The molecule has 2 rings (SSSR count). The average Bonchev–Trinajstić information content (AvgIpc) is 3.30. The number of nitrogens with one attached hydrogen (secondary N) is 1. The number of hydrogen-bond donors (Lipinski definition) is 1. The molecule has 1 aromatic carbocycles. The molecule has 1 aliphatic rings. The fourth-order valence-electron chi connectivity index (χ4n) is 2.63. The van der Waals surface area contributed by atoms with Gasteiger partial charge >= 0.3 is 0 Å². The Bertz CT molecular complexity index is 540. The second kappa shape index (κ2) is 7.14. The lowest BCUT2D eigenvalue weighted by Crippen LogP contribution is -2.39. The first-order valence-corrected chi connectivity index (χ1v) is 8.04. The molecular formula is C17H23ClN2O2. The molecule has 2 atom stereocenters. The molecule has 0 aliphatic heterocycles. The van der Waals surface area contributed by atoms with Gasteiger partial charge in [-0.2, -0.15) is 0 Å². The quantitative estimate of drug-likeness (QED) is 0.874. The first-order chi connectivity index (χ1) is 10.4. The van der Waals surface area contributed by atoms with Gasteiger partial charge in [-0.1, -0.05) is 23.7 Å².